The van der Waals surface area contributed by atoms with Crippen molar-refractivity contribution in [1.29, 1.82) is 0 Å². The average Bonchev–Trinajstić information content (AvgIpc) is 3.82. The fourth-order valence-electron chi connectivity index (χ4n) is 9.39. The second-order valence-corrected chi connectivity index (χ2v) is 19.7. The van der Waals surface area contributed by atoms with Gasteiger partial charge in [-0.2, -0.15) is 0 Å². The third-order valence-electron chi connectivity index (χ3n) is 11.7. The van der Waals surface area contributed by atoms with E-state index in [1.807, 2.05) is 0 Å². The number of nitrogens with zero attached hydrogens (tertiary/aromatic N) is 1. The Bertz CT molecular complexity index is 2870. The van der Waals surface area contributed by atoms with Gasteiger partial charge in [0.1, 0.15) is 0 Å². The summed E-state index contributed by atoms with van der Waals surface area (Å²) in [7, 11) is 0. The molecule has 1 aromatic heterocycles. The summed E-state index contributed by atoms with van der Waals surface area (Å²) in [5.41, 5.74) is 18.0. The maximum absolute atomic E-state index is 2.51. The number of benzene rings is 8. The molecule has 8 aromatic carbocycles. The van der Waals surface area contributed by atoms with Crippen LogP contribution in [0.15, 0.2) is 182 Å². The maximum atomic E-state index is 2.51. The molecule has 1 heterocycles. The van der Waals surface area contributed by atoms with E-state index in [-0.39, 0.29) is 5.41 Å². The summed E-state index contributed by atoms with van der Waals surface area (Å²) in [5.74, 6) is 0. The first kappa shape index (κ1) is 30.9. The Labute approximate surface area is 317 Å². The minimum atomic E-state index is -1.60. The summed E-state index contributed by atoms with van der Waals surface area (Å²) in [6, 6.07) is 68.8. The molecule has 0 bridgehead atoms. The summed E-state index contributed by atoms with van der Waals surface area (Å²) < 4.78 is 5.43. The molecular weight excluding hydrogens is 753 g/mol. The number of rotatable bonds is 4. The third-order valence-corrected chi connectivity index (χ3v) is 16.8. The number of aryl methyl sites for hydroxylation is 1. The molecule has 2 heteroatoms. The number of hydrogen-bond donors (Lipinski definition) is 0. The molecule has 1 spiro atoms. The summed E-state index contributed by atoms with van der Waals surface area (Å²) >= 11 is -1.60. The van der Waals surface area contributed by atoms with Crippen molar-refractivity contribution in [3.05, 3.63) is 217 Å². The van der Waals surface area contributed by atoms with E-state index < -0.39 is 19.8 Å². The quantitative estimate of drug-likeness (QED) is 0.124. The molecule has 0 unspecified atom stereocenters. The van der Waals surface area contributed by atoms with Crippen molar-refractivity contribution in [2.24, 2.45) is 0 Å². The Morgan fingerprint density at radius 2 is 0.943 bits per heavy atom. The molecule has 0 aliphatic heterocycles. The summed E-state index contributed by atoms with van der Waals surface area (Å²) in [6.07, 6.45) is 0. The van der Waals surface area contributed by atoms with Crippen molar-refractivity contribution < 1.29 is 0 Å². The van der Waals surface area contributed by atoms with Crippen LogP contribution in [0.25, 0.3) is 60.9 Å². The van der Waals surface area contributed by atoms with E-state index in [9.17, 15) is 0 Å². The number of para-hydroxylation sites is 1. The van der Waals surface area contributed by atoms with Gasteiger partial charge in [0.15, 0.2) is 0 Å². The first-order chi connectivity index (χ1) is 26.1. The van der Waals surface area contributed by atoms with Gasteiger partial charge in [-0.1, -0.05) is 48.5 Å². The van der Waals surface area contributed by atoms with Gasteiger partial charge >= 0.3 is 271 Å². The van der Waals surface area contributed by atoms with Gasteiger partial charge in [0, 0.05) is 0 Å². The van der Waals surface area contributed by atoms with Crippen LogP contribution in [0, 0.1) is 14.1 Å². The van der Waals surface area contributed by atoms with E-state index in [4.69, 9.17) is 0 Å². The Hall–Kier alpha value is -5.71. The molecule has 0 fully saturated rings. The van der Waals surface area contributed by atoms with Crippen LogP contribution in [0.3, 0.4) is 0 Å². The summed E-state index contributed by atoms with van der Waals surface area (Å²) in [5, 5.41) is 2.62. The van der Waals surface area contributed by atoms with Crippen LogP contribution < -0.4 is 0 Å². The second-order valence-electron chi connectivity index (χ2n) is 14.5. The molecule has 0 saturated carbocycles. The molecule has 0 saturated heterocycles. The van der Waals surface area contributed by atoms with Crippen LogP contribution in [-0.4, -0.2) is 9.50 Å². The zero-order chi connectivity index (χ0) is 35.3. The fraction of sp³-hybridized carbons (Fsp3) is 0.0588. The van der Waals surface area contributed by atoms with Crippen molar-refractivity contribution in [2.45, 2.75) is 12.3 Å². The van der Waals surface area contributed by atoms with Crippen LogP contribution in [-0.2, 0) is 5.41 Å². The molecule has 1 nitrogen and oxygen atoms in total. The molecule has 0 atom stereocenters. The Morgan fingerprint density at radius 3 is 1.60 bits per heavy atom. The van der Waals surface area contributed by atoms with Crippen LogP contribution in [0.4, 0.5) is 0 Å². The van der Waals surface area contributed by atoms with E-state index in [1.54, 1.807) is 0 Å². The topological polar surface area (TPSA) is 4.93 Å². The van der Waals surface area contributed by atoms with E-state index >= 15 is 0 Å². The molecule has 2 aliphatic carbocycles. The summed E-state index contributed by atoms with van der Waals surface area (Å²) in [4.78, 5) is 2.49. The predicted molar refractivity (Wildman–Crippen MR) is 231 cm³/mol. The van der Waals surface area contributed by atoms with Gasteiger partial charge in [-0.05, 0) is 0 Å². The molecule has 0 N–H and O–H groups in total. The number of halogens is 1. The number of alkyl halides is 1. The second kappa shape index (κ2) is 11.6. The van der Waals surface area contributed by atoms with E-state index in [1.165, 1.54) is 95.8 Å². The van der Waals surface area contributed by atoms with Crippen molar-refractivity contribution in [2.75, 3.05) is 4.93 Å². The molecule has 252 valence electrons. The number of hydrogen-bond acceptors (Lipinski definition) is 0. The van der Waals surface area contributed by atoms with E-state index in [2.05, 4.69) is 198 Å². The predicted octanol–water partition coefficient (Wildman–Crippen LogP) is 13.3. The van der Waals surface area contributed by atoms with Gasteiger partial charge in [0.05, 0.1) is 0 Å². The Morgan fingerprint density at radius 1 is 0.415 bits per heavy atom. The molecule has 0 radical (unpaired) electrons. The zero-order valence-electron chi connectivity index (χ0n) is 29.6. The van der Waals surface area contributed by atoms with Crippen LogP contribution in [0.1, 0.15) is 27.8 Å². The van der Waals surface area contributed by atoms with Gasteiger partial charge in [-0.15, -0.1) is 0 Å². The Balaban J connectivity index is 1.14. The van der Waals surface area contributed by atoms with E-state index in [0.29, 0.717) is 0 Å². The van der Waals surface area contributed by atoms with Gasteiger partial charge in [-0.3, -0.25) is 0 Å². The van der Waals surface area contributed by atoms with Crippen LogP contribution in [0.2, 0.25) is 0 Å². The van der Waals surface area contributed by atoms with Gasteiger partial charge in [0.25, 0.3) is 0 Å². The molecule has 9 aromatic rings. The van der Waals surface area contributed by atoms with Gasteiger partial charge < -0.3 is 0 Å². The molecular formula is C51H36IN. The SMILES string of the molecule is Cc1cccc(I(C)c2ccc3c(c2)c2cc(-c4ccc5c(c4)C4(c6ccccc6-c6ccccc64)c4ccccc4-5)ccc2n3-c2ccccc2)c1. The van der Waals surface area contributed by atoms with Gasteiger partial charge in [-0.25, -0.2) is 0 Å². The standard InChI is InChI=1S/C51H36IN/c1-33-13-12-14-36(29-33)52(2)37-25-28-50-44(32-37)43-30-34(24-27-49(43)53(50)38-15-4-3-5-16-38)35-23-26-42-41-19-8-11-22-47(41)51(48(42)31-35)45-20-9-6-17-39(45)40-18-7-10-21-46(40)51/h3-32H,1-2H3. The first-order valence-electron chi connectivity index (χ1n) is 18.4. The Kier molecular flexibility index (Phi) is 6.78. The van der Waals surface area contributed by atoms with Crippen molar-refractivity contribution in [1.82, 2.24) is 4.57 Å². The average molecular weight is 790 g/mol. The molecule has 0 amide bonds. The zero-order valence-corrected chi connectivity index (χ0v) is 31.8. The van der Waals surface area contributed by atoms with Crippen LogP contribution >= 0.6 is 19.8 Å². The normalized spacial score (nSPS) is 13.6. The summed E-state index contributed by atoms with van der Waals surface area (Å²) in [6.45, 7) is 2.20. The van der Waals surface area contributed by atoms with Crippen molar-refractivity contribution >= 4 is 41.6 Å². The van der Waals surface area contributed by atoms with Crippen molar-refractivity contribution in [3.63, 3.8) is 0 Å². The molecule has 11 rings (SSSR count). The van der Waals surface area contributed by atoms with Gasteiger partial charge in [0.2, 0.25) is 0 Å². The number of fused-ring (bicyclic) bond motifs is 13. The fourth-order valence-corrected chi connectivity index (χ4v) is 13.3. The minimum absolute atomic E-state index is 0.353. The first-order valence-corrected chi connectivity index (χ1v) is 22.7. The number of aromatic nitrogens is 1. The third kappa shape index (κ3) is 4.36. The van der Waals surface area contributed by atoms with Crippen LogP contribution in [0.5, 0.6) is 0 Å². The monoisotopic (exact) mass is 789 g/mol. The molecule has 53 heavy (non-hydrogen) atoms. The van der Waals surface area contributed by atoms with E-state index in [0.717, 1.165) is 0 Å². The van der Waals surface area contributed by atoms with Crippen molar-refractivity contribution in [3.8, 4) is 39.1 Å². The molecule has 2 aliphatic rings.